The van der Waals surface area contributed by atoms with Gasteiger partial charge in [0.05, 0.1) is 11.8 Å². The Bertz CT molecular complexity index is 360. The van der Waals surface area contributed by atoms with Crippen molar-refractivity contribution in [3.05, 3.63) is 29.8 Å². The predicted molar refractivity (Wildman–Crippen MR) is 54.8 cm³/mol. The summed E-state index contributed by atoms with van der Waals surface area (Å²) in [6, 6.07) is 1.33. The molecule has 0 bridgehead atoms. The van der Waals surface area contributed by atoms with Gasteiger partial charge in [-0.3, -0.25) is 9.78 Å². The van der Waals surface area contributed by atoms with Crippen molar-refractivity contribution in [3.63, 3.8) is 0 Å². The van der Waals surface area contributed by atoms with Crippen molar-refractivity contribution < 1.29 is 9.18 Å². The van der Waals surface area contributed by atoms with Crippen LogP contribution in [0.2, 0.25) is 0 Å². The molecule has 1 rings (SSSR count). The molecule has 1 amide bonds. The summed E-state index contributed by atoms with van der Waals surface area (Å²) in [5.74, 6) is -1.11. The van der Waals surface area contributed by atoms with E-state index in [4.69, 9.17) is 5.73 Å². The van der Waals surface area contributed by atoms with Crippen molar-refractivity contribution in [3.8, 4) is 0 Å². The van der Waals surface area contributed by atoms with E-state index in [1.165, 1.54) is 12.3 Å². The highest BCUT2D eigenvalue weighted by molar-refractivity contribution is 5.94. The Labute approximate surface area is 87.7 Å². The van der Waals surface area contributed by atoms with Gasteiger partial charge >= 0.3 is 0 Å². The average molecular weight is 211 g/mol. The van der Waals surface area contributed by atoms with E-state index >= 15 is 0 Å². The van der Waals surface area contributed by atoms with Crippen LogP contribution in [0.5, 0.6) is 0 Å². The number of nitrogens with zero attached hydrogens (tertiary/aromatic N) is 1. The van der Waals surface area contributed by atoms with E-state index < -0.39 is 17.3 Å². The Kier molecular flexibility index (Phi) is 3.36. The third-order valence-electron chi connectivity index (χ3n) is 1.72. The second-order valence-electron chi connectivity index (χ2n) is 4.03. The van der Waals surface area contributed by atoms with E-state index in [2.05, 4.69) is 10.3 Å². The Balaban J connectivity index is 2.66. The number of halogens is 1. The normalized spacial score (nSPS) is 11.2. The number of carbonyl (C=O) groups is 1. The van der Waals surface area contributed by atoms with Gasteiger partial charge in [0, 0.05) is 18.3 Å². The minimum atomic E-state index is -0.634. The summed E-state index contributed by atoms with van der Waals surface area (Å²) < 4.78 is 13.1. The first-order valence-electron chi connectivity index (χ1n) is 4.57. The second kappa shape index (κ2) is 4.35. The van der Waals surface area contributed by atoms with Crippen molar-refractivity contribution in [2.24, 2.45) is 5.73 Å². The highest BCUT2D eigenvalue weighted by Gasteiger charge is 2.15. The predicted octanol–water partition coefficient (Wildman–Crippen LogP) is 0.688. The molecule has 3 N–H and O–H groups in total. The van der Waals surface area contributed by atoms with Crippen LogP contribution in [0.3, 0.4) is 0 Å². The lowest BCUT2D eigenvalue weighted by Gasteiger charge is -2.18. The Morgan fingerprint density at radius 1 is 1.67 bits per heavy atom. The van der Waals surface area contributed by atoms with Crippen molar-refractivity contribution in [1.29, 1.82) is 0 Å². The van der Waals surface area contributed by atoms with Crippen LogP contribution in [-0.2, 0) is 0 Å². The maximum absolute atomic E-state index is 13.1. The number of aromatic nitrogens is 1. The smallest absolute Gasteiger partial charge is 0.254 e. The molecule has 1 heterocycles. The van der Waals surface area contributed by atoms with Gasteiger partial charge in [0.25, 0.3) is 5.91 Å². The quantitative estimate of drug-likeness (QED) is 0.772. The lowest BCUT2D eigenvalue weighted by atomic mass is 10.1. The van der Waals surface area contributed by atoms with Gasteiger partial charge in [0.2, 0.25) is 0 Å². The molecule has 0 saturated carbocycles. The molecular weight excluding hydrogens is 197 g/mol. The molecule has 0 atom stereocenters. The van der Waals surface area contributed by atoms with E-state index in [9.17, 15) is 9.18 Å². The number of hydrogen-bond donors (Lipinski definition) is 2. The molecule has 0 aromatic carbocycles. The van der Waals surface area contributed by atoms with Crippen molar-refractivity contribution in [2.75, 3.05) is 6.54 Å². The van der Waals surface area contributed by atoms with E-state index in [-0.39, 0.29) is 12.1 Å². The molecule has 1 aromatic rings. The Hall–Kier alpha value is -1.49. The van der Waals surface area contributed by atoms with Gasteiger partial charge < -0.3 is 11.1 Å². The molecule has 15 heavy (non-hydrogen) atoms. The van der Waals surface area contributed by atoms with E-state index in [1.807, 2.05) is 0 Å². The maximum Gasteiger partial charge on any atom is 0.254 e. The molecule has 0 unspecified atom stereocenters. The van der Waals surface area contributed by atoms with Crippen LogP contribution < -0.4 is 11.1 Å². The van der Waals surface area contributed by atoms with Crippen LogP contribution in [-0.4, -0.2) is 23.0 Å². The van der Waals surface area contributed by atoms with Crippen LogP contribution in [0, 0.1) is 5.82 Å². The zero-order chi connectivity index (χ0) is 11.5. The molecular formula is C10H14FN3O. The van der Waals surface area contributed by atoms with E-state index in [1.54, 1.807) is 13.8 Å². The summed E-state index contributed by atoms with van der Waals surface area (Å²) in [5, 5.41) is 2.55. The molecule has 0 spiro atoms. The third-order valence-corrected chi connectivity index (χ3v) is 1.72. The fourth-order valence-corrected chi connectivity index (χ4v) is 0.963. The van der Waals surface area contributed by atoms with E-state index in [0.717, 1.165) is 6.20 Å². The SMILES string of the molecule is CC(C)(N)CNC(=O)c1ccncc1F. The van der Waals surface area contributed by atoms with Crippen LogP contribution >= 0.6 is 0 Å². The molecule has 82 valence electrons. The minimum Gasteiger partial charge on any atom is -0.350 e. The summed E-state index contributed by atoms with van der Waals surface area (Å²) in [5.41, 5.74) is 5.15. The number of carbonyl (C=O) groups excluding carboxylic acids is 1. The fourth-order valence-electron chi connectivity index (χ4n) is 0.963. The zero-order valence-electron chi connectivity index (χ0n) is 8.75. The summed E-state index contributed by atoms with van der Waals surface area (Å²) in [6.07, 6.45) is 2.37. The van der Waals surface area contributed by atoms with Crippen molar-refractivity contribution >= 4 is 5.91 Å². The van der Waals surface area contributed by atoms with Gasteiger partial charge in [-0.15, -0.1) is 0 Å². The van der Waals surface area contributed by atoms with Gasteiger partial charge in [-0.25, -0.2) is 4.39 Å². The fraction of sp³-hybridized carbons (Fsp3) is 0.400. The topological polar surface area (TPSA) is 68.0 Å². The van der Waals surface area contributed by atoms with Gasteiger partial charge in [-0.05, 0) is 19.9 Å². The Morgan fingerprint density at radius 3 is 2.87 bits per heavy atom. The first-order chi connectivity index (χ1) is 6.90. The molecule has 4 nitrogen and oxygen atoms in total. The van der Waals surface area contributed by atoms with Gasteiger partial charge in [-0.1, -0.05) is 0 Å². The first kappa shape index (κ1) is 11.6. The molecule has 5 heteroatoms. The molecule has 0 fully saturated rings. The number of rotatable bonds is 3. The summed E-state index contributed by atoms with van der Waals surface area (Å²) >= 11 is 0. The lowest BCUT2D eigenvalue weighted by Crippen LogP contribution is -2.45. The molecule has 0 aliphatic rings. The van der Waals surface area contributed by atoms with Gasteiger partial charge in [0.15, 0.2) is 5.82 Å². The Morgan fingerprint density at radius 2 is 2.33 bits per heavy atom. The molecule has 1 aromatic heterocycles. The number of pyridine rings is 1. The van der Waals surface area contributed by atoms with Crippen LogP contribution in [0.15, 0.2) is 18.5 Å². The third kappa shape index (κ3) is 3.63. The molecule has 0 radical (unpaired) electrons. The number of amides is 1. The minimum absolute atomic E-state index is 0.0192. The van der Waals surface area contributed by atoms with Crippen molar-refractivity contribution in [1.82, 2.24) is 10.3 Å². The average Bonchev–Trinajstić information content (AvgIpc) is 2.14. The number of nitrogens with two attached hydrogens (primary N) is 1. The monoisotopic (exact) mass is 211 g/mol. The summed E-state index contributed by atoms with van der Waals surface area (Å²) in [7, 11) is 0. The number of nitrogens with one attached hydrogen (secondary N) is 1. The summed E-state index contributed by atoms with van der Waals surface area (Å²) in [4.78, 5) is 15.0. The number of hydrogen-bond acceptors (Lipinski definition) is 3. The highest BCUT2D eigenvalue weighted by Crippen LogP contribution is 2.04. The van der Waals surface area contributed by atoms with Gasteiger partial charge in [0.1, 0.15) is 0 Å². The first-order valence-corrected chi connectivity index (χ1v) is 4.57. The summed E-state index contributed by atoms with van der Waals surface area (Å²) in [6.45, 7) is 3.83. The second-order valence-corrected chi connectivity index (χ2v) is 4.03. The molecule has 0 aliphatic carbocycles. The van der Waals surface area contributed by atoms with Crippen LogP contribution in [0.25, 0.3) is 0 Å². The molecule has 0 saturated heterocycles. The van der Waals surface area contributed by atoms with E-state index in [0.29, 0.717) is 0 Å². The maximum atomic E-state index is 13.1. The van der Waals surface area contributed by atoms with Crippen molar-refractivity contribution in [2.45, 2.75) is 19.4 Å². The van der Waals surface area contributed by atoms with Gasteiger partial charge in [-0.2, -0.15) is 0 Å². The van der Waals surface area contributed by atoms with Crippen LogP contribution in [0.1, 0.15) is 24.2 Å². The largest absolute Gasteiger partial charge is 0.350 e. The molecule has 0 aliphatic heterocycles. The standard InChI is InChI=1S/C10H14FN3O/c1-10(2,12)6-14-9(15)7-3-4-13-5-8(7)11/h3-5H,6,12H2,1-2H3,(H,14,15). The van der Waals surface area contributed by atoms with Crippen LogP contribution in [0.4, 0.5) is 4.39 Å². The zero-order valence-corrected chi connectivity index (χ0v) is 8.75. The lowest BCUT2D eigenvalue weighted by molar-refractivity contribution is 0.0942. The highest BCUT2D eigenvalue weighted by atomic mass is 19.1.